The van der Waals surface area contributed by atoms with Crippen molar-refractivity contribution in [3.8, 4) is 0 Å². The van der Waals surface area contributed by atoms with Crippen LogP contribution >= 0.6 is 23.1 Å². The molecule has 0 fully saturated rings. The molecular weight excluding hydrogens is 339 g/mol. The second kappa shape index (κ2) is 8.80. The van der Waals surface area contributed by atoms with Crippen LogP contribution in [0.25, 0.3) is 0 Å². The van der Waals surface area contributed by atoms with Crippen molar-refractivity contribution in [3.63, 3.8) is 0 Å². The summed E-state index contributed by atoms with van der Waals surface area (Å²) >= 11 is 2.61. The number of nitrogens with one attached hydrogen (secondary N) is 2. The summed E-state index contributed by atoms with van der Waals surface area (Å²) in [5.74, 6) is -0.159. The number of amides is 1. The summed E-state index contributed by atoms with van der Waals surface area (Å²) in [5.41, 5.74) is 0.601. The maximum absolute atomic E-state index is 13.1. The van der Waals surface area contributed by atoms with Gasteiger partial charge in [0, 0.05) is 18.8 Å². The molecule has 0 saturated heterocycles. The number of ether oxygens (including phenoxy) is 1. The predicted molar refractivity (Wildman–Crippen MR) is 89.8 cm³/mol. The van der Waals surface area contributed by atoms with Crippen molar-refractivity contribution in [2.45, 2.75) is 17.3 Å². The van der Waals surface area contributed by atoms with E-state index < -0.39 is 0 Å². The number of methoxy groups -OCH3 is 1. The monoisotopic (exact) mass is 356 g/mol. The molecular formula is C14H17FN4O2S2. The first-order valence-electron chi connectivity index (χ1n) is 6.84. The number of benzene rings is 1. The van der Waals surface area contributed by atoms with Gasteiger partial charge < -0.3 is 15.4 Å². The Kier molecular flexibility index (Phi) is 6.75. The average molecular weight is 356 g/mol. The van der Waals surface area contributed by atoms with E-state index >= 15 is 0 Å². The first-order chi connectivity index (χ1) is 11.1. The van der Waals surface area contributed by atoms with E-state index in [0.29, 0.717) is 21.8 Å². The van der Waals surface area contributed by atoms with E-state index in [9.17, 15) is 9.18 Å². The summed E-state index contributed by atoms with van der Waals surface area (Å²) < 4.78 is 18.7. The van der Waals surface area contributed by atoms with Crippen molar-refractivity contribution in [1.82, 2.24) is 15.5 Å². The molecule has 0 spiro atoms. The number of thioether (sulfide) groups is 1. The van der Waals surface area contributed by atoms with Gasteiger partial charge >= 0.3 is 0 Å². The summed E-state index contributed by atoms with van der Waals surface area (Å²) in [5, 5.41) is 14.3. The van der Waals surface area contributed by atoms with E-state index in [1.54, 1.807) is 19.2 Å². The molecule has 0 radical (unpaired) electrons. The molecule has 1 atom stereocenters. The van der Waals surface area contributed by atoms with Crippen LogP contribution in [0.3, 0.4) is 0 Å². The van der Waals surface area contributed by atoms with Gasteiger partial charge in [0.1, 0.15) is 5.82 Å². The molecule has 6 nitrogen and oxygen atoms in total. The predicted octanol–water partition coefficient (Wildman–Crippen LogP) is 2.66. The number of anilines is 2. The molecule has 0 aliphatic heterocycles. The quantitative estimate of drug-likeness (QED) is 0.708. The van der Waals surface area contributed by atoms with Crippen molar-refractivity contribution in [1.29, 1.82) is 0 Å². The molecule has 1 unspecified atom stereocenters. The Morgan fingerprint density at radius 1 is 1.48 bits per heavy atom. The Balaban J connectivity index is 1.82. The molecule has 0 bridgehead atoms. The van der Waals surface area contributed by atoms with Crippen LogP contribution in [0, 0.1) is 5.82 Å². The fourth-order valence-corrected chi connectivity index (χ4v) is 3.33. The van der Waals surface area contributed by atoms with E-state index in [-0.39, 0.29) is 23.5 Å². The molecule has 9 heteroatoms. The minimum atomic E-state index is -0.323. The van der Waals surface area contributed by atoms with Crippen molar-refractivity contribution >= 4 is 39.8 Å². The molecule has 1 aromatic heterocycles. The molecule has 23 heavy (non-hydrogen) atoms. The number of aromatic nitrogens is 2. The van der Waals surface area contributed by atoms with Gasteiger partial charge in [-0.2, -0.15) is 0 Å². The van der Waals surface area contributed by atoms with Gasteiger partial charge in [0.15, 0.2) is 4.34 Å². The Morgan fingerprint density at radius 2 is 2.30 bits per heavy atom. The highest BCUT2D eigenvalue weighted by atomic mass is 32.2. The van der Waals surface area contributed by atoms with Gasteiger partial charge in [-0.15, -0.1) is 10.2 Å². The molecule has 0 saturated carbocycles. The van der Waals surface area contributed by atoms with Crippen LogP contribution in [-0.2, 0) is 9.53 Å². The van der Waals surface area contributed by atoms with Crippen LogP contribution in [0.15, 0.2) is 28.6 Å². The lowest BCUT2D eigenvalue weighted by Gasteiger charge is -2.11. The van der Waals surface area contributed by atoms with E-state index in [0.717, 1.165) is 0 Å². The zero-order valence-electron chi connectivity index (χ0n) is 12.7. The van der Waals surface area contributed by atoms with Gasteiger partial charge in [0.05, 0.1) is 12.4 Å². The molecule has 124 valence electrons. The van der Waals surface area contributed by atoms with E-state index in [4.69, 9.17) is 4.74 Å². The molecule has 1 aromatic carbocycles. The minimum Gasteiger partial charge on any atom is -0.383 e. The fraction of sp³-hybridized carbons (Fsp3) is 0.357. The van der Waals surface area contributed by atoms with E-state index in [1.807, 2.05) is 6.92 Å². The van der Waals surface area contributed by atoms with Crippen LogP contribution in [0.4, 0.5) is 15.2 Å². The molecule has 2 N–H and O–H groups in total. The van der Waals surface area contributed by atoms with Gasteiger partial charge in [-0.1, -0.05) is 29.2 Å². The van der Waals surface area contributed by atoms with Crippen LogP contribution in [0.1, 0.15) is 6.92 Å². The Morgan fingerprint density at radius 3 is 3.04 bits per heavy atom. The summed E-state index contributed by atoms with van der Waals surface area (Å²) in [4.78, 5) is 11.7. The lowest BCUT2D eigenvalue weighted by molar-refractivity contribution is -0.119. The minimum absolute atomic E-state index is 0.0345. The maximum Gasteiger partial charge on any atom is 0.230 e. The molecule has 0 aliphatic rings. The Hall–Kier alpha value is -1.71. The third kappa shape index (κ3) is 6.12. The number of rotatable bonds is 8. The maximum atomic E-state index is 13.1. The number of nitrogens with zero attached hydrogens (tertiary/aromatic N) is 2. The second-order valence-electron chi connectivity index (χ2n) is 4.72. The SMILES string of the molecule is COCC(C)NC(=O)CSc1nnc(Nc2cccc(F)c2)s1. The largest absolute Gasteiger partial charge is 0.383 e. The van der Waals surface area contributed by atoms with Crippen molar-refractivity contribution in [2.75, 3.05) is 24.8 Å². The summed E-state index contributed by atoms with van der Waals surface area (Å²) in [7, 11) is 1.59. The van der Waals surface area contributed by atoms with Gasteiger partial charge in [0.2, 0.25) is 11.0 Å². The molecule has 1 amide bonds. The zero-order valence-corrected chi connectivity index (χ0v) is 14.3. The second-order valence-corrected chi connectivity index (χ2v) is 6.92. The van der Waals surface area contributed by atoms with Crippen molar-refractivity contribution in [2.24, 2.45) is 0 Å². The van der Waals surface area contributed by atoms with Crippen LogP contribution in [-0.4, -0.2) is 41.6 Å². The lowest BCUT2D eigenvalue weighted by Crippen LogP contribution is -2.36. The van der Waals surface area contributed by atoms with Crippen LogP contribution < -0.4 is 10.6 Å². The number of hydrogen-bond donors (Lipinski definition) is 2. The van der Waals surface area contributed by atoms with Crippen molar-refractivity contribution in [3.05, 3.63) is 30.1 Å². The van der Waals surface area contributed by atoms with Crippen molar-refractivity contribution < 1.29 is 13.9 Å². The summed E-state index contributed by atoms with van der Waals surface area (Å²) in [6.45, 7) is 2.34. The molecule has 0 aliphatic carbocycles. The zero-order chi connectivity index (χ0) is 16.7. The Bertz CT molecular complexity index is 653. The normalized spacial score (nSPS) is 12.0. The highest BCUT2D eigenvalue weighted by Crippen LogP contribution is 2.27. The summed E-state index contributed by atoms with van der Waals surface area (Å²) in [6.07, 6.45) is 0. The van der Waals surface area contributed by atoms with Gasteiger partial charge in [-0.3, -0.25) is 4.79 Å². The number of halogens is 1. The van der Waals surface area contributed by atoms with Gasteiger partial charge in [0.25, 0.3) is 0 Å². The third-order valence-corrected chi connectivity index (χ3v) is 4.61. The first-order valence-corrected chi connectivity index (χ1v) is 8.64. The number of carbonyl (C=O) groups is 1. The highest BCUT2D eigenvalue weighted by molar-refractivity contribution is 8.01. The number of carbonyl (C=O) groups excluding carboxylic acids is 1. The summed E-state index contributed by atoms with van der Waals surface area (Å²) in [6, 6.07) is 6.06. The fourth-order valence-electron chi connectivity index (χ4n) is 1.74. The number of hydrogen-bond acceptors (Lipinski definition) is 7. The topological polar surface area (TPSA) is 76.1 Å². The first kappa shape index (κ1) is 17.6. The molecule has 1 heterocycles. The van der Waals surface area contributed by atoms with Crippen LogP contribution in [0.5, 0.6) is 0 Å². The standard InChI is InChI=1S/C14H17FN4O2S2/c1-9(7-21-2)16-12(20)8-22-14-19-18-13(23-14)17-11-5-3-4-10(15)6-11/h3-6,9H,7-8H2,1-2H3,(H,16,20)(H,17,18). The van der Waals surface area contributed by atoms with Gasteiger partial charge in [-0.05, 0) is 25.1 Å². The smallest absolute Gasteiger partial charge is 0.230 e. The average Bonchev–Trinajstić information content (AvgIpc) is 2.93. The highest BCUT2D eigenvalue weighted by Gasteiger charge is 2.10. The lowest BCUT2D eigenvalue weighted by atomic mass is 10.3. The van der Waals surface area contributed by atoms with Gasteiger partial charge in [-0.25, -0.2) is 4.39 Å². The third-order valence-electron chi connectivity index (χ3n) is 2.63. The van der Waals surface area contributed by atoms with E-state index in [2.05, 4.69) is 20.8 Å². The van der Waals surface area contributed by atoms with E-state index in [1.165, 1.54) is 35.2 Å². The molecule has 2 rings (SSSR count). The Labute approximate surface area is 141 Å². The molecule has 2 aromatic rings. The van der Waals surface area contributed by atoms with Crippen LogP contribution in [0.2, 0.25) is 0 Å².